The molecular weight excluding hydrogens is 351 g/mol. The molecule has 132 valence electrons. The van der Waals surface area contributed by atoms with Gasteiger partial charge < -0.3 is 5.32 Å². The number of allylic oxidation sites excluding steroid dienone is 1. The Morgan fingerprint density at radius 2 is 1.92 bits per heavy atom. The van der Waals surface area contributed by atoms with E-state index < -0.39 is 0 Å². The van der Waals surface area contributed by atoms with Gasteiger partial charge in [0, 0.05) is 31.4 Å². The Morgan fingerprint density at radius 3 is 2.60 bits per heavy atom. The molecule has 2 aromatic carbocycles. The molecule has 0 fully saturated rings. The first-order valence-corrected chi connectivity index (χ1v) is 9.38. The lowest BCUT2D eigenvalue weighted by Gasteiger charge is -2.29. The number of nitrogens with one attached hydrogen (secondary N) is 1. The summed E-state index contributed by atoms with van der Waals surface area (Å²) in [7, 11) is 0. The van der Waals surface area contributed by atoms with Crippen molar-refractivity contribution in [2.24, 2.45) is 0 Å². The average molecular weight is 375 g/mol. The van der Waals surface area contributed by atoms with Gasteiger partial charge in [0.1, 0.15) is 0 Å². The first-order valence-electron chi connectivity index (χ1n) is 8.63. The molecule has 0 spiro atoms. The van der Waals surface area contributed by atoms with Gasteiger partial charge in [-0.05, 0) is 48.6 Å². The van der Waals surface area contributed by atoms with Crippen LogP contribution in [0.25, 0.3) is 0 Å². The maximum Gasteiger partial charge on any atom is 0.0628 e. The van der Waals surface area contributed by atoms with Gasteiger partial charge >= 0.3 is 0 Å². The van der Waals surface area contributed by atoms with Crippen LogP contribution in [0.3, 0.4) is 0 Å². The number of fused-ring (bicyclic) bond motifs is 1. The van der Waals surface area contributed by atoms with Crippen molar-refractivity contribution < 1.29 is 0 Å². The summed E-state index contributed by atoms with van der Waals surface area (Å²) in [5.41, 5.74) is 6.09. The highest BCUT2D eigenvalue weighted by Crippen LogP contribution is 2.32. The lowest BCUT2D eigenvalue weighted by atomic mass is 9.99. The van der Waals surface area contributed by atoms with Gasteiger partial charge in [-0.15, -0.1) is 0 Å². The lowest BCUT2D eigenvalue weighted by Crippen LogP contribution is -2.30. The average Bonchev–Trinajstić information content (AvgIpc) is 2.58. The molecule has 1 atom stereocenters. The van der Waals surface area contributed by atoms with Gasteiger partial charge in [0.25, 0.3) is 0 Å². The van der Waals surface area contributed by atoms with E-state index in [9.17, 15) is 0 Å². The summed E-state index contributed by atoms with van der Waals surface area (Å²) in [5, 5.41) is 4.73. The summed E-state index contributed by atoms with van der Waals surface area (Å²) in [6.45, 7) is 10.9. The number of hydrogen-bond acceptors (Lipinski definition) is 2. The monoisotopic (exact) mass is 374 g/mol. The normalized spacial score (nSPS) is 15.5. The van der Waals surface area contributed by atoms with Crippen LogP contribution in [0, 0.1) is 0 Å². The number of hydrogen-bond donors (Lipinski definition) is 1. The van der Waals surface area contributed by atoms with Crippen LogP contribution in [-0.2, 0) is 19.5 Å². The molecule has 0 bridgehead atoms. The van der Waals surface area contributed by atoms with E-state index >= 15 is 0 Å². The van der Waals surface area contributed by atoms with E-state index in [2.05, 4.69) is 54.1 Å². The quantitative estimate of drug-likeness (QED) is 0.717. The van der Waals surface area contributed by atoms with Crippen molar-refractivity contribution in [3.63, 3.8) is 0 Å². The van der Waals surface area contributed by atoms with Crippen molar-refractivity contribution in [1.82, 2.24) is 10.2 Å². The van der Waals surface area contributed by atoms with E-state index in [1.807, 2.05) is 13.0 Å². The molecule has 4 heteroatoms. The van der Waals surface area contributed by atoms with Crippen molar-refractivity contribution in [2.75, 3.05) is 6.54 Å². The van der Waals surface area contributed by atoms with Crippen LogP contribution >= 0.6 is 23.2 Å². The zero-order chi connectivity index (χ0) is 18.0. The van der Waals surface area contributed by atoms with Crippen molar-refractivity contribution in [3.8, 4) is 0 Å². The van der Waals surface area contributed by atoms with Crippen molar-refractivity contribution >= 4 is 23.2 Å². The zero-order valence-corrected chi connectivity index (χ0v) is 16.3. The van der Waals surface area contributed by atoms with Gasteiger partial charge in [-0.1, -0.05) is 60.1 Å². The highest BCUT2D eigenvalue weighted by atomic mass is 35.5. The van der Waals surface area contributed by atoms with E-state index in [1.54, 1.807) is 0 Å². The largest absolute Gasteiger partial charge is 0.383 e. The summed E-state index contributed by atoms with van der Waals surface area (Å²) in [6.07, 6.45) is 0.951. The highest BCUT2D eigenvalue weighted by molar-refractivity contribution is 6.42. The standard InChI is InChI=1S/C21H24Cl2N2/c1-14(2)24-15(3)17-6-4-16(5-7-17)12-25-11-10-19-18(13-25)8-9-20(22)21(19)23/h4-9,15,24H,1,10-13H2,2-3H3/t15-/m0/s1. The Kier molecular flexibility index (Phi) is 5.73. The summed E-state index contributed by atoms with van der Waals surface area (Å²) in [6, 6.07) is 13.1. The molecule has 0 radical (unpaired) electrons. The third kappa shape index (κ3) is 4.38. The van der Waals surface area contributed by atoms with Crippen molar-refractivity contribution in [1.29, 1.82) is 0 Å². The Bertz CT molecular complexity index is 768. The number of rotatable bonds is 5. The Hall–Kier alpha value is -1.48. The molecule has 0 aromatic heterocycles. The molecule has 0 saturated carbocycles. The molecule has 1 N–H and O–H groups in total. The maximum absolute atomic E-state index is 6.34. The smallest absolute Gasteiger partial charge is 0.0628 e. The molecule has 0 saturated heterocycles. The summed E-state index contributed by atoms with van der Waals surface area (Å²) in [5.74, 6) is 0. The van der Waals surface area contributed by atoms with Crippen LogP contribution in [0.2, 0.25) is 10.0 Å². The second kappa shape index (κ2) is 7.82. The lowest BCUT2D eigenvalue weighted by molar-refractivity contribution is 0.245. The van der Waals surface area contributed by atoms with Crippen LogP contribution in [0.1, 0.15) is 42.1 Å². The molecule has 1 aliphatic rings. The van der Waals surface area contributed by atoms with Crippen molar-refractivity contribution in [2.45, 2.75) is 39.4 Å². The van der Waals surface area contributed by atoms with Gasteiger partial charge in [0.2, 0.25) is 0 Å². The first kappa shape index (κ1) is 18.3. The summed E-state index contributed by atoms with van der Waals surface area (Å²) < 4.78 is 0. The molecule has 1 heterocycles. The third-order valence-electron chi connectivity index (χ3n) is 4.71. The number of benzene rings is 2. The molecular formula is C21H24Cl2N2. The minimum Gasteiger partial charge on any atom is -0.383 e. The number of halogens is 2. The van der Waals surface area contributed by atoms with Gasteiger partial charge in [-0.25, -0.2) is 0 Å². The van der Waals surface area contributed by atoms with Gasteiger partial charge in [-0.2, -0.15) is 0 Å². The summed E-state index contributed by atoms with van der Waals surface area (Å²) in [4.78, 5) is 2.46. The molecule has 0 unspecified atom stereocenters. The fourth-order valence-electron chi connectivity index (χ4n) is 3.40. The Labute approximate surface area is 160 Å². The molecule has 0 amide bonds. The van der Waals surface area contributed by atoms with E-state index in [4.69, 9.17) is 23.2 Å². The minimum absolute atomic E-state index is 0.278. The molecule has 2 nitrogen and oxygen atoms in total. The first-order chi connectivity index (χ1) is 11.9. The number of nitrogens with zero attached hydrogens (tertiary/aromatic N) is 1. The molecule has 0 aliphatic carbocycles. The second-order valence-electron chi connectivity index (χ2n) is 6.85. The minimum atomic E-state index is 0.278. The van der Waals surface area contributed by atoms with E-state index in [-0.39, 0.29) is 6.04 Å². The van der Waals surface area contributed by atoms with Crippen LogP contribution in [-0.4, -0.2) is 11.4 Å². The third-order valence-corrected chi connectivity index (χ3v) is 5.56. The predicted molar refractivity (Wildman–Crippen MR) is 107 cm³/mol. The molecule has 1 aliphatic heterocycles. The Balaban J connectivity index is 1.65. The van der Waals surface area contributed by atoms with Gasteiger partial charge in [0.05, 0.1) is 10.0 Å². The summed E-state index contributed by atoms with van der Waals surface area (Å²) >= 11 is 12.5. The SMILES string of the molecule is C=C(C)N[C@@H](C)c1ccc(CN2CCc3c(ccc(Cl)c3Cl)C2)cc1. The predicted octanol–water partition coefficient (Wildman–Crippen LogP) is 5.74. The van der Waals surface area contributed by atoms with E-state index in [0.29, 0.717) is 5.02 Å². The second-order valence-corrected chi connectivity index (χ2v) is 7.63. The van der Waals surface area contributed by atoms with Gasteiger partial charge in [-0.3, -0.25) is 4.90 Å². The Morgan fingerprint density at radius 1 is 1.20 bits per heavy atom. The molecule has 25 heavy (non-hydrogen) atoms. The van der Waals surface area contributed by atoms with Crippen LogP contribution < -0.4 is 5.32 Å². The molecule has 2 aromatic rings. The topological polar surface area (TPSA) is 15.3 Å². The van der Waals surface area contributed by atoms with E-state index in [1.165, 1.54) is 22.3 Å². The highest BCUT2D eigenvalue weighted by Gasteiger charge is 2.20. The fraction of sp³-hybridized carbons (Fsp3) is 0.333. The van der Waals surface area contributed by atoms with Gasteiger partial charge in [0.15, 0.2) is 0 Å². The fourth-order valence-corrected chi connectivity index (χ4v) is 3.85. The van der Waals surface area contributed by atoms with Crippen LogP contribution in [0.4, 0.5) is 0 Å². The maximum atomic E-state index is 6.34. The van der Waals surface area contributed by atoms with E-state index in [0.717, 1.165) is 36.8 Å². The van der Waals surface area contributed by atoms with Crippen LogP contribution in [0.15, 0.2) is 48.7 Å². The zero-order valence-electron chi connectivity index (χ0n) is 14.8. The van der Waals surface area contributed by atoms with Crippen LogP contribution in [0.5, 0.6) is 0 Å². The molecule has 3 rings (SSSR count). The van der Waals surface area contributed by atoms with Crippen molar-refractivity contribution in [3.05, 3.63) is 81.0 Å².